The quantitative estimate of drug-likeness (QED) is 0.230. The Morgan fingerprint density at radius 2 is 0.775 bits per heavy atom. The zero-order valence-corrected chi connectivity index (χ0v) is 29.6. The molecule has 1 fully saturated rings. The van der Waals surface area contributed by atoms with Gasteiger partial charge in [-0.2, -0.15) is 0 Å². The molecule has 0 bridgehead atoms. The predicted molar refractivity (Wildman–Crippen MR) is 172 cm³/mol. The molecule has 0 saturated carbocycles. The van der Waals surface area contributed by atoms with E-state index in [0.717, 1.165) is 16.4 Å². The van der Waals surface area contributed by atoms with Gasteiger partial charge in [0.05, 0.1) is 0 Å². The van der Waals surface area contributed by atoms with Crippen molar-refractivity contribution in [2.24, 2.45) is 0 Å². The van der Waals surface area contributed by atoms with Crippen molar-refractivity contribution in [3.05, 3.63) is 121 Å². The fraction of sp³-hybridized carbons (Fsp3) is 0.0909. The molecule has 7 heteroatoms. The normalized spacial score (nSPS) is 13.5. The van der Waals surface area contributed by atoms with Crippen molar-refractivity contribution in [1.82, 2.24) is 0 Å². The van der Waals surface area contributed by atoms with E-state index >= 15 is 0 Å². The molecule has 0 nitrogen and oxygen atoms in total. The summed E-state index contributed by atoms with van der Waals surface area (Å²) in [6, 6.07) is 44.9. The number of hydrogen-bond donors (Lipinski definition) is 0. The van der Waals surface area contributed by atoms with Crippen LogP contribution in [0.4, 0.5) is 0 Å². The number of hydrogen-bond acceptors (Lipinski definition) is 0. The van der Waals surface area contributed by atoms with Crippen LogP contribution in [0, 0.1) is 0 Å². The third-order valence-electron chi connectivity index (χ3n) is 7.74. The van der Waals surface area contributed by atoms with E-state index in [1.165, 1.54) is 36.9 Å². The zero-order chi connectivity index (χ0) is 25.4. The standard InChI is InChI=1S/2C15H11P2.C3H6.2ClH.Zr/c2*1-3-7-12(8-4-1)14-15(17-11-16-14)13-9-5-2-6-10-13;1-3-2;;;/h2*1-10,16H;1-3H2;2*1H;/q;;;;;+2/p-2. The first-order valence-corrected chi connectivity index (χ1v) is 23.0. The van der Waals surface area contributed by atoms with E-state index in [1.54, 1.807) is 37.6 Å². The van der Waals surface area contributed by atoms with Gasteiger partial charge in [-0.05, 0) is 0 Å². The molecule has 2 aromatic heterocycles. The minimum atomic E-state index is -2.60. The van der Waals surface area contributed by atoms with E-state index < -0.39 is 20.3 Å². The van der Waals surface area contributed by atoms with Gasteiger partial charge in [-0.3, -0.25) is 0 Å². The van der Waals surface area contributed by atoms with Gasteiger partial charge in [0.2, 0.25) is 0 Å². The predicted octanol–water partition coefficient (Wildman–Crippen LogP) is 4.93. The Balaban J connectivity index is 0.00000161. The second-order valence-electron chi connectivity index (χ2n) is 10.0. The van der Waals surface area contributed by atoms with Crippen LogP contribution in [0.2, 0.25) is 8.26 Å². The van der Waals surface area contributed by atoms with Crippen molar-refractivity contribution in [2.75, 3.05) is 0 Å². The van der Waals surface area contributed by atoms with Crippen LogP contribution in [0.1, 0.15) is 6.42 Å². The topological polar surface area (TPSA) is 0 Å². The van der Waals surface area contributed by atoms with Crippen molar-refractivity contribution in [3.8, 4) is 43.4 Å². The Labute approximate surface area is 260 Å². The Morgan fingerprint density at radius 3 is 1.07 bits per heavy atom. The Morgan fingerprint density at radius 1 is 0.450 bits per heavy atom. The fourth-order valence-electron chi connectivity index (χ4n) is 5.55. The molecule has 40 heavy (non-hydrogen) atoms. The van der Waals surface area contributed by atoms with E-state index in [9.17, 15) is 0 Å². The summed E-state index contributed by atoms with van der Waals surface area (Å²) >= 11 is -2.60. The Kier molecular flexibility index (Phi) is 10.1. The summed E-state index contributed by atoms with van der Waals surface area (Å²) < 4.78 is 6.99. The van der Waals surface area contributed by atoms with Gasteiger partial charge >= 0.3 is 238 Å². The van der Waals surface area contributed by atoms with E-state index in [4.69, 9.17) is 0 Å². The summed E-state index contributed by atoms with van der Waals surface area (Å²) in [6.45, 7) is 0. The van der Waals surface area contributed by atoms with Crippen molar-refractivity contribution in [2.45, 2.75) is 14.7 Å². The average molecular weight is 711 g/mol. The van der Waals surface area contributed by atoms with Crippen LogP contribution >= 0.6 is 32.8 Å². The van der Waals surface area contributed by atoms with Crippen LogP contribution in [-0.4, -0.2) is 0 Å². The monoisotopic (exact) mass is 708 g/mol. The molecule has 1 saturated heterocycles. The molecule has 0 N–H and O–H groups in total. The molecule has 6 aromatic rings. The van der Waals surface area contributed by atoms with Gasteiger partial charge in [0.25, 0.3) is 0 Å². The molecule has 0 radical (unpaired) electrons. The van der Waals surface area contributed by atoms with E-state index in [2.05, 4.69) is 121 Å². The number of halogens is 2. The van der Waals surface area contributed by atoms with Gasteiger partial charge in [-0.1, -0.05) is 0 Å². The molecule has 2 atom stereocenters. The first-order chi connectivity index (χ1) is 18.8. The van der Waals surface area contributed by atoms with E-state index in [1.807, 2.05) is 5.47 Å². The molecule has 0 spiro atoms. The first kappa shape index (κ1) is 30.2. The van der Waals surface area contributed by atoms with Crippen molar-refractivity contribution >= 4 is 38.2 Å². The second-order valence-corrected chi connectivity index (χ2v) is 30.4. The molecular weight excluding hydrogens is 682 g/mol. The zero-order valence-electron chi connectivity index (χ0n) is 21.8. The van der Waals surface area contributed by atoms with Crippen molar-refractivity contribution < 1.29 is 45.1 Å². The number of benzene rings is 4. The van der Waals surface area contributed by atoms with Crippen LogP contribution in [-0.2, 0) is 20.3 Å². The summed E-state index contributed by atoms with van der Waals surface area (Å²) in [5.74, 6) is 0. The van der Waals surface area contributed by atoms with Crippen LogP contribution in [0.3, 0.4) is 0 Å². The van der Waals surface area contributed by atoms with Crippen LogP contribution in [0.15, 0.2) is 121 Å². The fourth-order valence-corrected chi connectivity index (χ4v) is 38.6. The van der Waals surface area contributed by atoms with E-state index in [-0.39, 0.29) is 24.8 Å². The number of rotatable bonds is 6. The molecular formula is C33H28Cl2P4Zr. The average Bonchev–Trinajstić information content (AvgIpc) is 3.61. The molecule has 0 amide bonds. The van der Waals surface area contributed by atoms with Gasteiger partial charge in [0.15, 0.2) is 0 Å². The molecule has 0 aliphatic carbocycles. The van der Waals surface area contributed by atoms with Crippen molar-refractivity contribution in [1.29, 1.82) is 0 Å². The third-order valence-corrected chi connectivity index (χ3v) is 38.0. The molecule has 4 aromatic carbocycles. The summed E-state index contributed by atoms with van der Waals surface area (Å²) in [6.07, 6.45) is 1.44. The Bertz CT molecular complexity index is 1440. The molecule has 3 heterocycles. The molecule has 1 aliphatic heterocycles. The molecule has 198 valence electrons. The maximum absolute atomic E-state index is 2.60. The molecule has 7 rings (SSSR count). The summed E-state index contributed by atoms with van der Waals surface area (Å²) in [5.41, 5.74) is 5.69. The third kappa shape index (κ3) is 5.71. The van der Waals surface area contributed by atoms with Gasteiger partial charge < -0.3 is 24.8 Å². The maximum atomic E-state index is 2.33. The van der Waals surface area contributed by atoms with Crippen LogP contribution in [0.5, 0.6) is 0 Å². The van der Waals surface area contributed by atoms with E-state index in [0.29, 0.717) is 0 Å². The van der Waals surface area contributed by atoms with Gasteiger partial charge in [-0.25, -0.2) is 0 Å². The van der Waals surface area contributed by atoms with Gasteiger partial charge in [0.1, 0.15) is 0 Å². The second kappa shape index (κ2) is 13.4. The van der Waals surface area contributed by atoms with Gasteiger partial charge in [0, 0.05) is 0 Å². The SMILES string of the molecule is [Cl-].[Cl-].c1ccc(-c2p[c]([Zr+2]3([c]4pc(-c5ccccc5)c(-c5ccccc5)[pH]4)[CH2]C[CH2]3)[pH]c2-c2ccccc2)cc1. The summed E-state index contributed by atoms with van der Waals surface area (Å²) in [4.78, 5) is 0. The summed E-state index contributed by atoms with van der Waals surface area (Å²) in [7, 11) is 4.81. The van der Waals surface area contributed by atoms with Crippen LogP contribution < -0.4 is 30.3 Å². The molecule has 1 aliphatic rings. The minimum absolute atomic E-state index is 0. The van der Waals surface area contributed by atoms with Gasteiger partial charge in [-0.15, -0.1) is 0 Å². The first-order valence-electron chi connectivity index (χ1n) is 13.2. The Hall–Kier alpha value is -1.24. The van der Waals surface area contributed by atoms with Crippen LogP contribution in [0.25, 0.3) is 43.4 Å². The van der Waals surface area contributed by atoms with Crippen molar-refractivity contribution in [3.63, 3.8) is 0 Å². The summed E-state index contributed by atoms with van der Waals surface area (Å²) in [5, 5.41) is 6.36. The molecule has 2 unspecified atom stereocenters.